The summed E-state index contributed by atoms with van der Waals surface area (Å²) in [4.78, 5) is 9.84. The summed E-state index contributed by atoms with van der Waals surface area (Å²) in [6.45, 7) is 3.09. The Morgan fingerprint density at radius 2 is 1.21 bits per heavy atom. The highest BCUT2D eigenvalue weighted by Crippen LogP contribution is 2.34. The summed E-state index contributed by atoms with van der Waals surface area (Å²) >= 11 is 0. The summed E-state index contributed by atoms with van der Waals surface area (Å²) in [7, 11) is 1.66. The van der Waals surface area contributed by atoms with Gasteiger partial charge < -0.3 is 19.5 Å². The molecule has 1 N–H and O–H groups in total. The largest absolute Gasteiger partial charge is 0.497 e. The van der Waals surface area contributed by atoms with Crippen LogP contribution in [0.15, 0.2) is 107 Å². The van der Waals surface area contributed by atoms with E-state index >= 15 is 0 Å². The molecular formula is C32H29N3O3. The lowest BCUT2D eigenvalue weighted by Gasteiger charge is -2.16. The summed E-state index contributed by atoms with van der Waals surface area (Å²) in [6, 6.07) is 32.5. The Balaban J connectivity index is 1.34. The molecule has 2 heterocycles. The topological polar surface area (TPSA) is 64.4 Å². The molecule has 2 aliphatic rings. The summed E-state index contributed by atoms with van der Waals surface area (Å²) in [5.41, 5.74) is 6.92. The number of benzene rings is 4. The molecule has 4 aromatic carbocycles. The predicted octanol–water partition coefficient (Wildman–Crippen LogP) is 6.78. The van der Waals surface area contributed by atoms with Crippen molar-refractivity contribution in [1.29, 1.82) is 0 Å². The molecule has 0 amide bonds. The molecule has 6 rings (SSSR count). The van der Waals surface area contributed by atoms with Crippen LogP contribution in [0.3, 0.4) is 0 Å². The lowest BCUT2D eigenvalue weighted by atomic mass is 10.1. The third-order valence-corrected chi connectivity index (χ3v) is 6.80. The Morgan fingerprint density at radius 3 is 1.76 bits per heavy atom. The van der Waals surface area contributed by atoms with Crippen molar-refractivity contribution in [2.75, 3.05) is 25.6 Å². The highest BCUT2D eigenvalue weighted by molar-refractivity contribution is 6.04. The number of rotatable bonds is 7. The molecule has 0 bridgehead atoms. The molecule has 6 heteroatoms. The molecule has 0 aliphatic carbocycles. The Hall–Kier alpha value is -4.58. The zero-order valence-corrected chi connectivity index (χ0v) is 21.4. The van der Waals surface area contributed by atoms with Crippen LogP contribution in [0.1, 0.15) is 39.9 Å². The number of hydrogen-bond acceptors (Lipinski definition) is 6. The standard InChI is InChI=1S/C32H29N3O3/c1-21-13-15-27(25(17-21)31-34-29(19-37-31)22-9-5-3-6-10-22)33-28-16-14-24(36-2)18-26(28)32-35-30(20-38-32)23-11-7-4-8-12-23/h3-18,29-30,33H,19-20H2,1-2H3. The molecule has 38 heavy (non-hydrogen) atoms. The highest BCUT2D eigenvalue weighted by Gasteiger charge is 2.26. The van der Waals surface area contributed by atoms with Crippen molar-refractivity contribution >= 4 is 23.2 Å². The van der Waals surface area contributed by atoms with Crippen molar-refractivity contribution in [3.63, 3.8) is 0 Å². The first-order valence-electron chi connectivity index (χ1n) is 12.8. The van der Waals surface area contributed by atoms with E-state index in [1.165, 1.54) is 0 Å². The second-order valence-corrected chi connectivity index (χ2v) is 9.43. The van der Waals surface area contributed by atoms with Gasteiger partial charge in [0.2, 0.25) is 11.8 Å². The predicted molar refractivity (Wildman–Crippen MR) is 151 cm³/mol. The average molecular weight is 504 g/mol. The number of anilines is 2. The van der Waals surface area contributed by atoms with E-state index in [9.17, 15) is 0 Å². The van der Waals surface area contributed by atoms with Crippen LogP contribution < -0.4 is 10.1 Å². The fraction of sp³-hybridized carbons (Fsp3) is 0.188. The van der Waals surface area contributed by atoms with Gasteiger partial charge in [-0.1, -0.05) is 72.3 Å². The van der Waals surface area contributed by atoms with Crippen molar-refractivity contribution in [3.8, 4) is 5.75 Å². The van der Waals surface area contributed by atoms with Crippen molar-refractivity contribution in [2.24, 2.45) is 9.98 Å². The van der Waals surface area contributed by atoms with E-state index in [1.807, 2.05) is 54.6 Å². The molecule has 0 fully saturated rings. The molecule has 0 spiro atoms. The molecule has 2 unspecified atom stereocenters. The number of methoxy groups -OCH3 is 1. The summed E-state index contributed by atoms with van der Waals surface area (Å²) in [5.74, 6) is 1.96. The van der Waals surface area contributed by atoms with Gasteiger partial charge in [-0.15, -0.1) is 0 Å². The van der Waals surface area contributed by atoms with Crippen LogP contribution in [0.5, 0.6) is 5.75 Å². The zero-order chi connectivity index (χ0) is 25.9. The van der Waals surface area contributed by atoms with Crippen LogP contribution >= 0.6 is 0 Å². The summed E-state index contributed by atoms with van der Waals surface area (Å²) in [5, 5.41) is 3.61. The van der Waals surface area contributed by atoms with Crippen LogP contribution in [-0.4, -0.2) is 32.1 Å². The third-order valence-electron chi connectivity index (χ3n) is 6.80. The molecular weight excluding hydrogens is 474 g/mol. The van der Waals surface area contributed by atoms with Crippen molar-refractivity contribution in [1.82, 2.24) is 0 Å². The maximum Gasteiger partial charge on any atom is 0.219 e. The van der Waals surface area contributed by atoms with Gasteiger partial charge in [0.25, 0.3) is 0 Å². The molecule has 2 aliphatic heterocycles. The molecule has 0 aromatic heterocycles. The van der Waals surface area contributed by atoms with Gasteiger partial charge in [0.1, 0.15) is 31.0 Å². The normalized spacial score (nSPS) is 18.3. The van der Waals surface area contributed by atoms with Gasteiger partial charge in [0, 0.05) is 0 Å². The van der Waals surface area contributed by atoms with E-state index in [-0.39, 0.29) is 12.1 Å². The van der Waals surface area contributed by atoms with E-state index in [4.69, 9.17) is 24.2 Å². The fourth-order valence-corrected chi connectivity index (χ4v) is 4.76. The first-order valence-corrected chi connectivity index (χ1v) is 12.8. The molecule has 6 nitrogen and oxygen atoms in total. The van der Waals surface area contributed by atoms with E-state index < -0.39 is 0 Å². The number of ether oxygens (including phenoxy) is 3. The van der Waals surface area contributed by atoms with Gasteiger partial charge in [-0.25, -0.2) is 9.98 Å². The highest BCUT2D eigenvalue weighted by atomic mass is 16.5. The fourth-order valence-electron chi connectivity index (χ4n) is 4.76. The number of aliphatic imine (C=N–C) groups is 2. The molecule has 190 valence electrons. The van der Waals surface area contributed by atoms with Gasteiger partial charge in [0.05, 0.1) is 29.6 Å². The van der Waals surface area contributed by atoms with Crippen molar-refractivity contribution in [3.05, 3.63) is 125 Å². The Kier molecular flexibility index (Phi) is 6.53. The second kappa shape index (κ2) is 10.4. The molecule has 4 aromatic rings. The first-order chi connectivity index (χ1) is 18.7. The minimum Gasteiger partial charge on any atom is -0.497 e. The van der Waals surface area contributed by atoms with Crippen LogP contribution in [0, 0.1) is 6.92 Å². The third kappa shape index (κ3) is 4.85. The molecule has 0 radical (unpaired) electrons. The smallest absolute Gasteiger partial charge is 0.219 e. The molecule has 2 atom stereocenters. The van der Waals surface area contributed by atoms with Crippen LogP contribution in [0.25, 0.3) is 0 Å². The SMILES string of the molecule is COc1ccc(Nc2ccc(C)cc2C2=NC(c3ccccc3)CO2)c(C2=NC(c3ccccc3)CO2)c1. The Morgan fingerprint density at radius 1 is 0.684 bits per heavy atom. The lowest BCUT2D eigenvalue weighted by molar-refractivity contribution is 0.319. The van der Waals surface area contributed by atoms with Gasteiger partial charge in [-0.3, -0.25) is 0 Å². The second-order valence-electron chi connectivity index (χ2n) is 9.43. The monoisotopic (exact) mass is 503 g/mol. The number of hydrogen-bond donors (Lipinski definition) is 1. The average Bonchev–Trinajstić information content (AvgIpc) is 3.66. The van der Waals surface area contributed by atoms with Crippen LogP contribution in [0.2, 0.25) is 0 Å². The minimum absolute atomic E-state index is 0.0210. The number of nitrogens with zero attached hydrogens (tertiary/aromatic N) is 2. The van der Waals surface area contributed by atoms with Crippen LogP contribution in [0.4, 0.5) is 11.4 Å². The summed E-state index contributed by atoms with van der Waals surface area (Å²) < 4.78 is 17.7. The first kappa shape index (κ1) is 23.8. The maximum absolute atomic E-state index is 6.11. The van der Waals surface area contributed by atoms with Gasteiger partial charge in [-0.05, 0) is 48.4 Å². The van der Waals surface area contributed by atoms with Crippen molar-refractivity contribution < 1.29 is 14.2 Å². The molecule has 0 saturated heterocycles. The lowest BCUT2D eigenvalue weighted by Crippen LogP contribution is -2.09. The van der Waals surface area contributed by atoms with E-state index in [0.29, 0.717) is 25.0 Å². The Labute approximate surface area is 222 Å². The van der Waals surface area contributed by atoms with E-state index in [2.05, 4.69) is 54.7 Å². The zero-order valence-electron chi connectivity index (χ0n) is 21.4. The van der Waals surface area contributed by atoms with Crippen LogP contribution in [-0.2, 0) is 9.47 Å². The Bertz CT molecular complexity index is 1500. The molecule has 0 saturated carbocycles. The van der Waals surface area contributed by atoms with E-state index in [0.717, 1.165) is 44.9 Å². The quantitative estimate of drug-likeness (QED) is 0.302. The number of nitrogens with one attached hydrogen (secondary N) is 1. The van der Waals surface area contributed by atoms with E-state index in [1.54, 1.807) is 7.11 Å². The van der Waals surface area contributed by atoms with Crippen molar-refractivity contribution in [2.45, 2.75) is 19.0 Å². The minimum atomic E-state index is -0.0450. The summed E-state index contributed by atoms with van der Waals surface area (Å²) in [6.07, 6.45) is 0. The number of aryl methyl sites for hydroxylation is 1. The van der Waals surface area contributed by atoms with Gasteiger partial charge >= 0.3 is 0 Å². The van der Waals surface area contributed by atoms with Gasteiger partial charge in [0.15, 0.2) is 0 Å². The van der Waals surface area contributed by atoms with Gasteiger partial charge in [-0.2, -0.15) is 0 Å². The maximum atomic E-state index is 6.11.